The van der Waals surface area contributed by atoms with Crippen LogP contribution < -0.4 is 0 Å². The lowest BCUT2D eigenvalue weighted by molar-refractivity contribution is -0.0441. The van der Waals surface area contributed by atoms with Crippen LogP contribution in [0.2, 0.25) is 0 Å². The highest BCUT2D eigenvalue weighted by atomic mass is 16.7. The van der Waals surface area contributed by atoms with E-state index in [9.17, 15) is 0 Å². The van der Waals surface area contributed by atoms with Crippen LogP contribution in [0.25, 0.3) is 0 Å². The Hall–Kier alpha value is -0.860. The number of ether oxygens (including phenoxy) is 2. The Morgan fingerprint density at radius 1 is 1.05 bits per heavy atom. The van der Waals surface area contributed by atoms with Gasteiger partial charge in [-0.05, 0) is 30.2 Å². The summed E-state index contributed by atoms with van der Waals surface area (Å²) in [4.78, 5) is 0. The zero-order valence-electron chi connectivity index (χ0n) is 12.5. The average Bonchev–Trinajstić information content (AvgIpc) is 3.02. The summed E-state index contributed by atoms with van der Waals surface area (Å²) < 4.78 is 11.2. The Kier molecular flexibility index (Phi) is 4.74. The van der Waals surface area contributed by atoms with Gasteiger partial charge < -0.3 is 9.47 Å². The highest BCUT2D eigenvalue weighted by Crippen LogP contribution is 2.35. The lowest BCUT2D eigenvalue weighted by atomic mass is 9.75. The van der Waals surface area contributed by atoms with Gasteiger partial charge >= 0.3 is 0 Å². The molecule has 0 spiro atoms. The van der Waals surface area contributed by atoms with Crippen molar-refractivity contribution in [3.63, 3.8) is 0 Å². The van der Waals surface area contributed by atoms with Crippen molar-refractivity contribution < 1.29 is 9.47 Å². The van der Waals surface area contributed by atoms with Crippen LogP contribution in [0.4, 0.5) is 0 Å². The first-order valence-electron chi connectivity index (χ1n) is 8.19. The molecule has 2 nitrogen and oxygen atoms in total. The van der Waals surface area contributed by atoms with Crippen LogP contribution in [0.5, 0.6) is 0 Å². The summed E-state index contributed by atoms with van der Waals surface area (Å²) in [5, 5.41) is 0. The van der Waals surface area contributed by atoms with Crippen molar-refractivity contribution in [1.82, 2.24) is 0 Å². The molecule has 0 aromatic heterocycles. The third kappa shape index (κ3) is 3.24. The SMILES string of the molecule is CCC1CCCCC1Cc1cccc(C2OCCO2)c1. The van der Waals surface area contributed by atoms with Gasteiger partial charge in [-0.25, -0.2) is 0 Å². The van der Waals surface area contributed by atoms with Gasteiger partial charge in [0.1, 0.15) is 0 Å². The summed E-state index contributed by atoms with van der Waals surface area (Å²) in [6.07, 6.45) is 8.09. The summed E-state index contributed by atoms with van der Waals surface area (Å²) in [5.74, 6) is 1.79. The largest absolute Gasteiger partial charge is 0.346 e. The lowest BCUT2D eigenvalue weighted by Gasteiger charge is -2.31. The normalized spacial score (nSPS) is 27.9. The zero-order valence-corrected chi connectivity index (χ0v) is 12.5. The molecule has 2 atom stereocenters. The monoisotopic (exact) mass is 274 g/mol. The van der Waals surface area contributed by atoms with Crippen molar-refractivity contribution in [2.45, 2.75) is 51.7 Å². The highest BCUT2D eigenvalue weighted by Gasteiger charge is 2.24. The van der Waals surface area contributed by atoms with E-state index in [0.717, 1.165) is 25.0 Å². The number of hydrogen-bond donors (Lipinski definition) is 0. The molecule has 0 amide bonds. The quantitative estimate of drug-likeness (QED) is 0.805. The van der Waals surface area contributed by atoms with Gasteiger partial charge in [-0.3, -0.25) is 0 Å². The predicted molar refractivity (Wildman–Crippen MR) is 80.5 cm³/mol. The maximum absolute atomic E-state index is 5.60. The van der Waals surface area contributed by atoms with E-state index >= 15 is 0 Å². The van der Waals surface area contributed by atoms with E-state index < -0.39 is 0 Å². The molecule has 0 radical (unpaired) electrons. The fourth-order valence-corrected chi connectivity index (χ4v) is 3.81. The van der Waals surface area contributed by atoms with Crippen molar-refractivity contribution in [3.8, 4) is 0 Å². The molecule has 0 bridgehead atoms. The Balaban J connectivity index is 1.68. The van der Waals surface area contributed by atoms with E-state index in [1.807, 2.05) is 0 Å². The second-order valence-electron chi connectivity index (χ2n) is 6.24. The molecule has 110 valence electrons. The molecule has 2 fully saturated rings. The summed E-state index contributed by atoms with van der Waals surface area (Å²) in [5.41, 5.74) is 2.64. The van der Waals surface area contributed by atoms with Crippen LogP contribution >= 0.6 is 0 Å². The van der Waals surface area contributed by atoms with Crippen LogP contribution in [0.15, 0.2) is 24.3 Å². The third-order valence-electron chi connectivity index (χ3n) is 4.93. The van der Waals surface area contributed by atoms with E-state index in [4.69, 9.17) is 9.47 Å². The highest BCUT2D eigenvalue weighted by molar-refractivity contribution is 5.25. The Morgan fingerprint density at radius 3 is 2.55 bits per heavy atom. The maximum atomic E-state index is 5.60. The number of hydrogen-bond acceptors (Lipinski definition) is 2. The molecule has 1 heterocycles. The van der Waals surface area contributed by atoms with Crippen LogP contribution in [-0.4, -0.2) is 13.2 Å². The minimum atomic E-state index is -0.136. The van der Waals surface area contributed by atoms with Gasteiger partial charge in [-0.15, -0.1) is 0 Å². The minimum Gasteiger partial charge on any atom is -0.346 e. The second kappa shape index (κ2) is 6.73. The van der Waals surface area contributed by atoms with Gasteiger partial charge in [0.2, 0.25) is 0 Å². The summed E-state index contributed by atoms with van der Waals surface area (Å²) in [7, 11) is 0. The molecule has 1 aliphatic carbocycles. The molecule has 1 aliphatic heterocycles. The molecule has 1 saturated carbocycles. The fraction of sp³-hybridized carbons (Fsp3) is 0.667. The molecule has 0 N–H and O–H groups in total. The first-order valence-corrected chi connectivity index (χ1v) is 8.19. The Labute approximate surface area is 122 Å². The van der Waals surface area contributed by atoms with Gasteiger partial charge in [-0.1, -0.05) is 56.9 Å². The van der Waals surface area contributed by atoms with Crippen molar-refractivity contribution in [2.75, 3.05) is 13.2 Å². The average molecular weight is 274 g/mol. The van der Waals surface area contributed by atoms with E-state index in [-0.39, 0.29) is 6.29 Å². The van der Waals surface area contributed by atoms with E-state index in [2.05, 4.69) is 31.2 Å². The van der Waals surface area contributed by atoms with Gasteiger partial charge in [0.15, 0.2) is 6.29 Å². The molecule has 1 aromatic carbocycles. The van der Waals surface area contributed by atoms with Crippen LogP contribution in [0.1, 0.15) is 56.4 Å². The molecular formula is C18H26O2. The Bertz CT molecular complexity index is 423. The number of benzene rings is 1. The summed E-state index contributed by atoms with van der Waals surface area (Å²) in [6.45, 7) is 3.78. The van der Waals surface area contributed by atoms with Gasteiger partial charge in [-0.2, -0.15) is 0 Å². The molecule has 1 aromatic rings. The predicted octanol–water partition coefficient (Wildman–Crippen LogP) is 4.49. The van der Waals surface area contributed by atoms with E-state index in [0.29, 0.717) is 0 Å². The van der Waals surface area contributed by atoms with E-state index in [1.165, 1.54) is 49.7 Å². The lowest BCUT2D eigenvalue weighted by Crippen LogP contribution is -2.21. The topological polar surface area (TPSA) is 18.5 Å². The van der Waals surface area contributed by atoms with Crippen LogP contribution in [0.3, 0.4) is 0 Å². The first kappa shape index (κ1) is 14.1. The van der Waals surface area contributed by atoms with Gasteiger partial charge in [0, 0.05) is 5.56 Å². The first-order chi connectivity index (χ1) is 9.86. The van der Waals surface area contributed by atoms with Crippen molar-refractivity contribution in [1.29, 1.82) is 0 Å². The minimum absolute atomic E-state index is 0.136. The van der Waals surface area contributed by atoms with Gasteiger partial charge in [0.25, 0.3) is 0 Å². The summed E-state index contributed by atoms with van der Waals surface area (Å²) >= 11 is 0. The van der Waals surface area contributed by atoms with Crippen LogP contribution in [-0.2, 0) is 15.9 Å². The molecular weight excluding hydrogens is 248 g/mol. The molecule has 1 saturated heterocycles. The van der Waals surface area contributed by atoms with Crippen molar-refractivity contribution in [2.24, 2.45) is 11.8 Å². The van der Waals surface area contributed by atoms with Crippen molar-refractivity contribution in [3.05, 3.63) is 35.4 Å². The number of rotatable bonds is 4. The summed E-state index contributed by atoms with van der Waals surface area (Å²) in [6, 6.07) is 8.83. The molecule has 20 heavy (non-hydrogen) atoms. The molecule has 2 aliphatic rings. The molecule has 2 unspecified atom stereocenters. The fourth-order valence-electron chi connectivity index (χ4n) is 3.81. The molecule has 2 heteroatoms. The standard InChI is InChI=1S/C18H26O2/c1-2-15-7-3-4-8-16(15)12-14-6-5-9-17(13-14)18-19-10-11-20-18/h5-6,9,13,15-16,18H,2-4,7-8,10-12H2,1H3. The second-order valence-corrected chi connectivity index (χ2v) is 6.24. The Morgan fingerprint density at radius 2 is 1.80 bits per heavy atom. The molecule has 3 rings (SSSR count). The maximum Gasteiger partial charge on any atom is 0.184 e. The van der Waals surface area contributed by atoms with Crippen LogP contribution in [0, 0.1) is 11.8 Å². The van der Waals surface area contributed by atoms with E-state index in [1.54, 1.807) is 0 Å². The van der Waals surface area contributed by atoms with Gasteiger partial charge in [0.05, 0.1) is 13.2 Å². The zero-order chi connectivity index (χ0) is 13.8. The van der Waals surface area contributed by atoms with Crippen molar-refractivity contribution >= 4 is 0 Å². The third-order valence-corrected chi connectivity index (χ3v) is 4.93. The smallest absolute Gasteiger partial charge is 0.184 e.